The molecule has 1 fully saturated rings. The molecule has 0 heterocycles. The van der Waals surface area contributed by atoms with E-state index in [9.17, 15) is 4.79 Å². The molecular formula is C9H17NOS. The normalized spacial score (nSPS) is 29.9. The highest BCUT2D eigenvalue weighted by atomic mass is 32.1. The van der Waals surface area contributed by atoms with Crippen molar-refractivity contribution in [3.8, 4) is 0 Å². The van der Waals surface area contributed by atoms with Gasteiger partial charge in [0.2, 0.25) is 5.91 Å². The SMILES string of the molecule is CN(C)C(=O)C1CCCC(S)C1. The van der Waals surface area contributed by atoms with Crippen molar-refractivity contribution in [2.75, 3.05) is 14.1 Å². The molecule has 0 saturated heterocycles. The molecule has 1 aliphatic carbocycles. The van der Waals surface area contributed by atoms with E-state index in [1.54, 1.807) is 4.90 Å². The lowest BCUT2D eigenvalue weighted by Crippen LogP contribution is -2.33. The second kappa shape index (κ2) is 4.17. The summed E-state index contributed by atoms with van der Waals surface area (Å²) in [5.41, 5.74) is 0. The minimum absolute atomic E-state index is 0.233. The molecule has 70 valence electrons. The van der Waals surface area contributed by atoms with E-state index in [0.29, 0.717) is 5.25 Å². The first-order valence-electron chi connectivity index (χ1n) is 4.50. The number of hydrogen-bond donors (Lipinski definition) is 1. The highest BCUT2D eigenvalue weighted by molar-refractivity contribution is 7.80. The van der Waals surface area contributed by atoms with Crippen molar-refractivity contribution in [3.63, 3.8) is 0 Å². The van der Waals surface area contributed by atoms with Crippen LogP contribution in [0.5, 0.6) is 0 Å². The Labute approximate surface area is 79.7 Å². The molecule has 0 aromatic rings. The summed E-state index contributed by atoms with van der Waals surface area (Å²) in [6, 6.07) is 0. The smallest absolute Gasteiger partial charge is 0.225 e. The molecule has 2 nitrogen and oxygen atoms in total. The molecule has 0 bridgehead atoms. The van der Waals surface area contributed by atoms with Gasteiger partial charge in [0.05, 0.1) is 0 Å². The van der Waals surface area contributed by atoms with Crippen LogP contribution in [0.1, 0.15) is 25.7 Å². The lowest BCUT2D eigenvalue weighted by Gasteiger charge is -2.27. The highest BCUT2D eigenvalue weighted by Gasteiger charge is 2.26. The van der Waals surface area contributed by atoms with Gasteiger partial charge >= 0.3 is 0 Å². The summed E-state index contributed by atoms with van der Waals surface area (Å²) in [5.74, 6) is 0.505. The summed E-state index contributed by atoms with van der Waals surface area (Å²) in [4.78, 5) is 13.2. The maximum Gasteiger partial charge on any atom is 0.225 e. The zero-order chi connectivity index (χ0) is 9.14. The molecule has 0 N–H and O–H groups in total. The van der Waals surface area contributed by atoms with E-state index in [1.807, 2.05) is 14.1 Å². The van der Waals surface area contributed by atoms with Crippen LogP contribution in [-0.2, 0) is 4.79 Å². The number of carbonyl (C=O) groups is 1. The Balaban J connectivity index is 2.46. The van der Waals surface area contributed by atoms with Gasteiger partial charge in [-0.05, 0) is 19.3 Å². The van der Waals surface area contributed by atoms with Crippen molar-refractivity contribution >= 4 is 18.5 Å². The lowest BCUT2D eigenvalue weighted by molar-refractivity contribution is -0.133. The van der Waals surface area contributed by atoms with Gasteiger partial charge < -0.3 is 4.90 Å². The van der Waals surface area contributed by atoms with Crippen molar-refractivity contribution in [1.29, 1.82) is 0 Å². The Morgan fingerprint density at radius 1 is 1.42 bits per heavy atom. The topological polar surface area (TPSA) is 20.3 Å². The number of amides is 1. The summed E-state index contributed by atoms with van der Waals surface area (Å²) in [6.45, 7) is 0. The predicted octanol–water partition coefficient (Wildman–Crippen LogP) is 1.56. The number of thiol groups is 1. The molecule has 2 unspecified atom stereocenters. The quantitative estimate of drug-likeness (QED) is 0.618. The van der Waals surface area contributed by atoms with Crippen LogP contribution in [0.15, 0.2) is 0 Å². The number of rotatable bonds is 1. The first-order valence-corrected chi connectivity index (χ1v) is 5.02. The maximum absolute atomic E-state index is 11.5. The van der Waals surface area contributed by atoms with Crippen LogP contribution < -0.4 is 0 Å². The third-order valence-corrected chi connectivity index (χ3v) is 2.91. The largest absolute Gasteiger partial charge is 0.349 e. The zero-order valence-electron chi connectivity index (χ0n) is 7.79. The second-order valence-corrected chi connectivity index (χ2v) is 4.48. The van der Waals surface area contributed by atoms with Gasteiger partial charge in [-0.3, -0.25) is 4.79 Å². The fourth-order valence-electron chi connectivity index (χ4n) is 1.75. The van der Waals surface area contributed by atoms with E-state index >= 15 is 0 Å². The van der Waals surface area contributed by atoms with E-state index in [1.165, 1.54) is 6.42 Å². The van der Waals surface area contributed by atoms with E-state index < -0.39 is 0 Å². The molecule has 1 aliphatic rings. The van der Waals surface area contributed by atoms with Gasteiger partial charge in [-0.25, -0.2) is 0 Å². The first-order chi connectivity index (χ1) is 5.61. The molecule has 12 heavy (non-hydrogen) atoms. The zero-order valence-corrected chi connectivity index (χ0v) is 8.68. The number of carbonyl (C=O) groups excluding carboxylic acids is 1. The Morgan fingerprint density at radius 2 is 2.08 bits per heavy atom. The van der Waals surface area contributed by atoms with Crippen LogP contribution in [0.4, 0.5) is 0 Å². The van der Waals surface area contributed by atoms with E-state index in [4.69, 9.17) is 0 Å². The Morgan fingerprint density at radius 3 is 2.58 bits per heavy atom. The van der Waals surface area contributed by atoms with Crippen molar-refractivity contribution < 1.29 is 4.79 Å². The highest BCUT2D eigenvalue weighted by Crippen LogP contribution is 2.28. The average Bonchev–Trinajstić information content (AvgIpc) is 2.03. The van der Waals surface area contributed by atoms with Crippen LogP contribution in [0, 0.1) is 5.92 Å². The summed E-state index contributed by atoms with van der Waals surface area (Å²) in [7, 11) is 3.65. The van der Waals surface area contributed by atoms with E-state index in [2.05, 4.69) is 12.6 Å². The van der Waals surface area contributed by atoms with Crippen molar-refractivity contribution in [1.82, 2.24) is 4.90 Å². The van der Waals surface area contributed by atoms with Gasteiger partial charge in [-0.15, -0.1) is 0 Å². The fourth-order valence-corrected chi connectivity index (χ4v) is 2.19. The molecule has 0 aromatic heterocycles. The fraction of sp³-hybridized carbons (Fsp3) is 0.889. The summed E-state index contributed by atoms with van der Waals surface area (Å²) >= 11 is 4.41. The molecule has 0 aromatic carbocycles. The monoisotopic (exact) mass is 187 g/mol. The Bertz CT molecular complexity index is 170. The second-order valence-electron chi connectivity index (χ2n) is 3.75. The molecule has 2 atom stereocenters. The predicted molar refractivity (Wildman–Crippen MR) is 53.4 cm³/mol. The Kier molecular flexibility index (Phi) is 3.44. The lowest BCUT2D eigenvalue weighted by atomic mass is 9.88. The standard InChI is InChI=1S/C9H17NOS/c1-10(2)9(11)7-4-3-5-8(12)6-7/h7-8,12H,3-6H2,1-2H3. The Hall–Kier alpha value is -0.180. The van der Waals surface area contributed by atoms with Gasteiger partial charge in [0, 0.05) is 25.3 Å². The van der Waals surface area contributed by atoms with Crippen LogP contribution >= 0.6 is 12.6 Å². The number of nitrogens with zero attached hydrogens (tertiary/aromatic N) is 1. The summed E-state index contributed by atoms with van der Waals surface area (Å²) in [5, 5.41) is 0.438. The third-order valence-electron chi connectivity index (χ3n) is 2.44. The van der Waals surface area contributed by atoms with Gasteiger partial charge in [0.1, 0.15) is 0 Å². The summed E-state index contributed by atoms with van der Waals surface area (Å²) in [6.07, 6.45) is 4.33. The number of hydrogen-bond acceptors (Lipinski definition) is 2. The van der Waals surface area contributed by atoms with Crippen LogP contribution in [0.2, 0.25) is 0 Å². The first kappa shape index (κ1) is 9.90. The van der Waals surface area contributed by atoms with Crippen LogP contribution in [0.3, 0.4) is 0 Å². The average molecular weight is 187 g/mol. The van der Waals surface area contributed by atoms with Crippen LogP contribution in [0.25, 0.3) is 0 Å². The molecule has 0 radical (unpaired) electrons. The minimum atomic E-state index is 0.233. The maximum atomic E-state index is 11.5. The van der Waals surface area contributed by atoms with Crippen LogP contribution in [-0.4, -0.2) is 30.2 Å². The molecule has 0 spiro atoms. The van der Waals surface area contributed by atoms with Gasteiger partial charge in [-0.2, -0.15) is 12.6 Å². The molecule has 3 heteroatoms. The summed E-state index contributed by atoms with van der Waals surface area (Å²) < 4.78 is 0. The third kappa shape index (κ3) is 2.41. The van der Waals surface area contributed by atoms with Gasteiger partial charge in [0.25, 0.3) is 0 Å². The van der Waals surface area contributed by atoms with E-state index in [-0.39, 0.29) is 11.8 Å². The molecular weight excluding hydrogens is 170 g/mol. The molecule has 0 aliphatic heterocycles. The van der Waals surface area contributed by atoms with E-state index in [0.717, 1.165) is 19.3 Å². The minimum Gasteiger partial charge on any atom is -0.349 e. The molecule has 1 rings (SSSR count). The van der Waals surface area contributed by atoms with Crippen molar-refractivity contribution in [2.45, 2.75) is 30.9 Å². The van der Waals surface area contributed by atoms with Crippen molar-refractivity contribution in [2.24, 2.45) is 5.92 Å². The van der Waals surface area contributed by atoms with Gasteiger partial charge in [-0.1, -0.05) is 6.42 Å². The molecule has 1 saturated carbocycles. The van der Waals surface area contributed by atoms with Crippen molar-refractivity contribution in [3.05, 3.63) is 0 Å². The molecule has 1 amide bonds. The van der Waals surface area contributed by atoms with Gasteiger partial charge in [0.15, 0.2) is 0 Å².